The van der Waals surface area contributed by atoms with Crippen LogP contribution >= 0.6 is 0 Å². The first-order chi connectivity index (χ1) is 11.2. The maximum absolute atomic E-state index is 13.9. The molecular formula is C20H19F2N. The average molecular weight is 311 g/mol. The van der Waals surface area contributed by atoms with E-state index in [1.165, 1.54) is 24.0 Å². The Hall–Kier alpha value is -1.74. The molecule has 0 radical (unpaired) electrons. The van der Waals surface area contributed by atoms with Crippen LogP contribution in [-0.4, -0.2) is 17.5 Å². The quantitative estimate of drug-likeness (QED) is 0.689. The number of nitrogens with zero attached hydrogens (tertiary/aromatic N) is 1. The Morgan fingerprint density at radius 2 is 1.65 bits per heavy atom. The molecule has 3 aliphatic heterocycles. The number of rotatable bonds is 0. The van der Waals surface area contributed by atoms with Gasteiger partial charge in [0.2, 0.25) is 0 Å². The molecule has 0 N–H and O–H groups in total. The summed E-state index contributed by atoms with van der Waals surface area (Å²) in [5.41, 5.74) is 4.63. The first-order valence-corrected chi connectivity index (χ1v) is 8.56. The van der Waals surface area contributed by atoms with Gasteiger partial charge in [0.25, 0.3) is 0 Å². The highest BCUT2D eigenvalue weighted by atomic mass is 19.1. The van der Waals surface area contributed by atoms with E-state index in [1.807, 2.05) is 12.1 Å². The molecule has 2 aromatic carbocycles. The SMILES string of the molecule is Fc1ccc2c(c1)[C@H]1c3cc(F)ccc3[C@@H](C2)N2CCCC[C@@H]12. The lowest BCUT2D eigenvalue weighted by molar-refractivity contribution is 0.0758. The van der Waals surface area contributed by atoms with Crippen molar-refractivity contribution in [3.8, 4) is 0 Å². The number of hydrogen-bond donors (Lipinski definition) is 0. The Kier molecular flexibility index (Phi) is 2.90. The lowest BCUT2D eigenvalue weighted by atomic mass is 9.75. The molecule has 2 aromatic rings. The molecule has 1 aliphatic carbocycles. The molecule has 23 heavy (non-hydrogen) atoms. The molecular weight excluding hydrogens is 292 g/mol. The normalized spacial score (nSPS) is 28.7. The minimum atomic E-state index is -0.186. The van der Waals surface area contributed by atoms with Crippen LogP contribution in [0.25, 0.3) is 0 Å². The fraction of sp³-hybridized carbons (Fsp3) is 0.400. The Balaban J connectivity index is 1.80. The van der Waals surface area contributed by atoms with E-state index in [0.29, 0.717) is 12.1 Å². The van der Waals surface area contributed by atoms with Crippen molar-refractivity contribution in [2.75, 3.05) is 6.54 Å². The molecule has 1 saturated heterocycles. The van der Waals surface area contributed by atoms with Crippen molar-refractivity contribution in [3.63, 3.8) is 0 Å². The van der Waals surface area contributed by atoms with E-state index in [2.05, 4.69) is 4.90 Å². The molecule has 3 atom stereocenters. The van der Waals surface area contributed by atoms with Gasteiger partial charge in [0.1, 0.15) is 11.6 Å². The van der Waals surface area contributed by atoms with Crippen LogP contribution in [0.2, 0.25) is 0 Å². The van der Waals surface area contributed by atoms with Crippen molar-refractivity contribution in [1.82, 2.24) is 4.90 Å². The average Bonchev–Trinajstić information content (AvgIpc) is 2.78. The fourth-order valence-corrected chi connectivity index (χ4v) is 5.08. The molecule has 4 aliphatic rings. The summed E-state index contributed by atoms with van der Waals surface area (Å²) >= 11 is 0. The number of benzene rings is 2. The molecule has 3 heterocycles. The van der Waals surface area contributed by atoms with Crippen LogP contribution < -0.4 is 0 Å². The zero-order chi connectivity index (χ0) is 15.6. The fourth-order valence-electron chi connectivity index (χ4n) is 5.08. The molecule has 3 heteroatoms. The zero-order valence-electron chi connectivity index (χ0n) is 12.9. The van der Waals surface area contributed by atoms with Crippen LogP contribution in [0.4, 0.5) is 8.78 Å². The highest BCUT2D eigenvalue weighted by molar-refractivity contribution is 5.50. The summed E-state index contributed by atoms with van der Waals surface area (Å²) in [4.78, 5) is 2.60. The molecule has 0 unspecified atom stereocenters. The van der Waals surface area contributed by atoms with Crippen LogP contribution in [0.15, 0.2) is 36.4 Å². The van der Waals surface area contributed by atoms with Gasteiger partial charge in [-0.3, -0.25) is 4.90 Å². The summed E-state index contributed by atoms with van der Waals surface area (Å²) in [7, 11) is 0. The van der Waals surface area contributed by atoms with E-state index >= 15 is 0 Å². The van der Waals surface area contributed by atoms with Crippen molar-refractivity contribution in [2.45, 2.75) is 43.7 Å². The highest BCUT2D eigenvalue weighted by Crippen LogP contribution is 2.51. The van der Waals surface area contributed by atoms with Gasteiger partial charge in [-0.15, -0.1) is 0 Å². The van der Waals surface area contributed by atoms with E-state index in [0.717, 1.165) is 30.5 Å². The van der Waals surface area contributed by atoms with Gasteiger partial charge < -0.3 is 0 Å². The van der Waals surface area contributed by atoms with Gasteiger partial charge >= 0.3 is 0 Å². The zero-order valence-corrected chi connectivity index (χ0v) is 12.9. The molecule has 118 valence electrons. The molecule has 2 bridgehead atoms. The van der Waals surface area contributed by atoms with Crippen LogP contribution in [0.1, 0.15) is 53.5 Å². The number of hydrogen-bond acceptors (Lipinski definition) is 1. The lowest BCUT2D eigenvalue weighted by Crippen LogP contribution is -2.48. The summed E-state index contributed by atoms with van der Waals surface area (Å²) in [5, 5.41) is 0. The van der Waals surface area contributed by atoms with Gasteiger partial charge in [-0.1, -0.05) is 18.6 Å². The minimum absolute atomic E-state index is 0.102. The first kappa shape index (κ1) is 13.7. The molecule has 0 saturated carbocycles. The lowest BCUT2D eigenvalue weighted by Gasteiger charge is -2.48. The smallest absolute Gasteiger partial charge is 0.123 e. The van der Waals surface area contributed by atoms with Gasteiger partial charge in [-0.25, -0.2) is 8.78 Å². The largest absolute Gasteiger partial charge is 0.292 e. The third-order valence-electron chi connectivity index (χ3n) is 5.98. The summed E-state index contributed by atoms with van der Waals surface area (Å²) in [6.45, 7) is 1.10. The highest BCUT2D eigenvalue weighted by Gasteiger charge is 2.45. The third kappa shape index (κ3) is 1.92. The van der Waals surface area contributed by atoms with Crippen LogP contribution in [-0.2, 0) is 6.42 Å². The van der Waals surface area contributed by atoms with E-state index in [1.54, 1.807) is 24.3 Å². The summed E-state index contributed by atoms with van der Waals surface area (Å²) < 4.78 is 27.9. The summed E-state index contributed by atoms with van der Waals surface area (Å²) in [5.74, 6) is -0.267. The monoisotopic (exact) mass is 311 g/mol. The second-order valence-electron chi connectivity index (χ2n) is 7.11. The molecule has 0 amide bonds. The van der Waals surface area contributed by atoms with Crippen LogP contribution in [0.5, 0.6) is 0 Å². The van der Waals surface area contributed by atoms with Gasteiger partial charge in [-0.2, -0.15) is 0 Å². The van der Waals surface area contributed by atoms with Crippen molar-refractivity contribution in [1.29, 1.82) is 0 Å². The first-order valence-electron chi connectivity index (χ1n) is 8.56. The second-order valence-corrected chi connectivity index (χ2v) is 7.11. The van der Waals surface area contributed by atoms with Gasteiger partial charge in [0, 0.05) is 18.0 Å². The minimum Gasteiger partial charge on any atom is -0.292 e. The van der Waals surface area contributed by atoms with Gasteiger partial charge in [0.05, 0.1) is 0 Å². The predicted octanol–water partition coefficient (Wildman–Crippen LogP) is 4.56. The molecule has 6 rings (SSSR count). The Morgan fingerprint density at radius 3 is 2.52 bits per heavy atom. The Labute approximate surface area is 134 Å². The van der Waals surface area contributed by atoms with E-state index in [4.69, 9.17) is 0 Å². The topological polar surface area (TPSA) is 3.24 Å². The van der Waals surface area contributed by atoms with Crippen molar-refractivity contribution >= 4 is 0 Å². The van der Waals surface area contributed by atoms with Crippen LogP contribution in [0, 0.1) is 11.6 Å². The van der Waals surface area contributed by atoms with Gasteiger partial charge in [0.15, 0.2) is 0 Å². The number of halogens is 2. The van der Waals surface area contributed by atoms with E-state index < -0.39 is 0 Å². The van der Waals surface area contributed by atoms with E-state index in [9.17, 15) is 8.78 Å². The molecule has 1 nitrogen and oxygen atoms in total. The second kappa shape index (κ2) is 4.88. The third-order valence-corrected chi connectivity index (χ3v) is 5.98. The summed E-state index contributed by atoms with van der Waals surface area (Å²) in [6.07, 6.45) is 4.45. The summed E-state index contributed by atoms with van der Waals surface area (Å²) in [6, 6.07) is 11.1. The standard InChI is InChI=1S/C20H19F2N/c21-13-5-4-12-9-19-15-7-6-14(22)11-17(15)20(16(12)10-13)18-3-1-2-8-23(18)19/h4-7,10-11,18-20H,1-3,8-9H2/t18-,19+,20-/m0/s1. The molecule has 0 spiro atoms. The molecule has 1 fully saturated rings. The Bertz CT molecular complexity index is 785. The predicted molar refractivity (Wildman–Crippen MR) is 85.4 cm³/mol. The van der Waals surface area contributed by atoms with Crippen molar-refractivity contribution < 1.29 is 8.78 Å². The van der Waals surface area contributed by atoms with Crippen molar-refractivity contribution in [3.05, 3.63) is 70.3 Å². The van der Waals surface area contributed by atoms with E-state index in [-0.39, 0.29) is 17.6 Å². The maximum atomic E-state index is 13.9. The van der Waals surface area contributed by atoms with Crippen molar-refractivity contribution in [2.24, 2.45) is 0 Å². The molecule has 0 aromatic heterocycles. The number of piperidine rings is 1. The Morgan fingerprint density at radius 1 is 0.870 bits per heavy atom. The van der Waals surface area contributed by atoms with Gasteiger partial charge in [-0.05, 0) is 72.3 Å². The van der Waals surface area contributed by atoms with Crippen LogP contribution in [0.3, 0.4) is 0 Å². The maximum Gasteiger partial charge on any atom is 0.123 e.